The molecule has 0 aliphatic heterocycles. The molecule has 0 aromatic carbocycles. The van der Waals surface area contributed by atoms with Crippen molar-refractivity contribution in [1.82, 2.24) is 4.90 Å². The fourth-order valence-corrected chi connectivity index (χ4v) is 2.87. The largest absolute Gasteiger partial charge is 0.444 e. The Morgan fingerprint density at radius 3 is 2.08 bits per heavy atom. The van der Waals surface area contributed by atoms with Crippen LogP contribution in [0.4, 0.5) is 4.79 Å². The maximum absolute atomic E-state index is 12.6. The summed E-state index contributed by atoms with van der Waals surface area (Å²) in [4.78, 5) is 14.1. The van der Waals surface area contributed by atoms with Gasteiger partial charge < -0.3 is 14.3 Å². The van der Waals surface area contributed by atoms with Crippen LogP contribution in [0.5, 0.6) is 0 Å². The van der Waals surface area contributed by atoms with Crippen molar-refractivity contribution < 1.29 is 19.1 Å². The second-order valence-corrected chi connectivity index (χ2v) is 13.6. The van der Waals surface area contributed by atoms with Crippen LogP contribution in [-0.4, -0.2) is 55.3 Å². The van der Waals surface area contributed by atoms with Gasteiger partial charge in [0.05, 0.1) is 18.8 Å². The summed E-state index contributed by atoms with van der Waals surface area (Å²) in [6, 6.07) is -0.584. The molecule has 0 aliphatic carbocycles. The smallest absolute Gasteiger partial charge is 0.411 e. The number of nitrogens with zero attached hydrogens (tertiary/aromatic N) is 1. The van der Waals surface area contributed by atoms with E-state index in [1.54, 1.807) is 6.08 Å². The minimum atomic E-state index is -2.03. The zero-order chi connectivity index (χ0) is 20.1. The standard InChI is InChI=1S/C19H37NO4Si/c1-11-13-20(17(22)24-18(3,4)5)15(16(21)12-2)14-23-25(9,10)19(6,7)8/h11-12,15-16,21H,1-2,13-14H2,3-10H3/t15-,16+/m0/s1. The van der Waals surface area contributed by atoms with Gasteiger partial charge in [-0.15, -0.1) is 13.2 Å². The first kappa shape index (κ1) is 23.9. The van der Waals surface area contributed by atoms with E-state index < -0.39 is 32.2 Å². The molecular weight excluding hydrogens is 334 g/mol. The molecule has 0 aromatic heterocycles. The normalized spacial score (nSPS) is 15.2. The zero-order valence-corrected chi connectivity index (χ0v) is 18.3. The molecule has 1 N–H and O–H groups in total. The van der Waals surface area contributed by atoms with Gasteiger partial charge in [-0.05, 0) is 38.9 Å². The van der Waals surface area contributed by atoms with Crippen LogP contribution < -0.4 is 0 Å². The van der Waals surface area contributed by atoms with Crippen LogP contribution in [-0.2, 0) is 9.16 Å². The molecule has 25 heavy (non-hydrogen) atoms. The van der Waals surface area contributed by atoms with Crippen molar-refractivity contribution in [2.24, 2.45) is 0 Å². The first-order valence-electron chi connectivity index (χ1n) is 8.71. The highest BCUT2D eigenvalue weighted by atomic mass is 28.4. The van der Waals surface area contributed by atoms with E-state index in [1.165, 1.54) is 11.0 Å². The van der Waals surface area contributed by atoms with Crippen molar-refractivity contribution in [3.05, 3.63) is 25.3 Å². The second kappa shape index (κ2) is 9.01. The fraction of sp³-hybridized carbons (Fsp3) is 0.737. The SMILES string of the molecule is C=CCN(C(=O)OC(C)(C)C)[C@@H](CO[Si](C)(C)C(C)(C)C)[C@H](O)C=C. The van der Waals surface area contributed by atoms with Gasteiger partial charge in [-0.25, -0.2) is 4.79 Å². The lowest BCUT2D eigenvalue weighted by Crippen LogP contribution is -2.53. The molecule has 0 rings (SSSR count). The van der Waals surface area contributed by atoms with E-state index in [0.29, 0.717) is 0 Å². The lowest BCUT2D eigenvalue weighted by molar-refractivity contribution is -0.00503. The van der Waals surface area contributed by atoms with Gasteiger partial charge in [0.25, 0.3) is 0 Å². The molecule has 0 radical (unpaired) electrons. The number of hydrogen-bond acceptors (Lipinski definition) is 4. The van der Waals surface area contributed by atoms with Crippen LogP contribution in [0.3, 0.4) is 0 Å². The quantitative estimate of drug-likeness (QED) is 0.509. The third-order valence-electron chi connectivity index (χ3n) is 4.41. The minimum Gasteiger partial charge on any atom is -0.444 e. The molecule has 0 fully saturated rings. The summed E-state index contributed by atoms with van der Waals surface area (Å²) in [5.74, 6) is 0. The van der Waals surface area contributed by atoms with Crippen LogP contribution in [0.1, 0.15) is 41.5 Å². The van der Waals surface area contributed by atoms with Crippen molar-refractivity contribution in [3.63, 3.8) is 0 Å². The van der Waals surface area contributed by atoms with Gasteiger partial charge in [0.2, 0.25) is 0 Å². The van der Waals surface area contributed by atoms with Crippen LogP contribution in [0.2, 0.25) is 18.1 Å². The molecule has 0 unspecified atom stereocenters. The number of aliphatic hydroxyl groups excluding tert-OH is 1. The third kappa shape index (κ3) is 7.75. The summed E-state index contributed by atoms with van der Waals surface area (Å²) in [6.45, 7) is 24.0. The maximum atomic E-state index is 12.6. The maximum Gasteiger partial charge on any atom is 0.411 e. The molecule has 2 atom stereocenters. The summed E-state index contributed by atoms with van der Waals surface area (Å²) in [5, 5.41) is 10.4. The molecule has 0 saturated heterocycles. The number of carbonyl (C=O) groups is 1. The molecule has 0 heterocycles. The van der Waals surface area contributed by atoms with Crippen LogP contribution >= 0.6 is 0 Å². The summed E-state index contributed by atoms with van der Waals surface area (Å²) >= 11 is 0. The van der Waals surface area contributed by atoms with Crippen LogP contribution in [0.15, 0.2) is 25.3 Å². The predicted octanol–water partition coefficient (Wildman–Crippen LogP) is 4.35. The Morgan fingerprint density at radius 2 is 1.72 bits per heavy atom. The molecular formula is C19H37NO4Si. The van der Waals surface area contributed by atoms with Gasteiger partial charge in [-0.2, -0.15) is 0 Å². The first-order chi connectivity index (χ1) is 11.2. The number of carbonyl (C=O) groups excluding carboxylic acids is 1. The van der Waals surface area contributed by atoms with Crippen molar-refractivity contribution in [2.45, 2.75) is 77.4 Å². The molecule has 1 amide bonds. The van der Waals surface area contributed by atoms with E-state index in [0.717, 1.165) is 0 Å². The molecule has 0 spiro atoms. The van der Waals surface area contributed by atoms with Crippen LogP contribution in [0.25, 0.3) is 0 Å². The van der Waals surface area contributed by atoms with Gasteiger partial charge >= 0.3 is 6.09 Å². The monoisotopic (exact) mass is 371 g/mol. The van der Waals surface area contributed by atoms with E-state index in [9.17, 15) is 9.90 Å². The van der Waals surface area contributed by atoms with Crippen molar-refractivity contribution in [3.8, 4) is 0 Å². The Bertz CT molecular complexity index is 463. The minimum absolute atomic E-state index is 0.0336. The fourth-order valence-electron chi connectivity index (χ4n) is 1.85. The summed E-state index contributed by atoms with van der Waals surface area (Å²) in [7, 11) is -2.03. The molecule has 0 saturated carbocycles. The highest BCUT2D eigenvalue weighted by Gasteiger charge is 2.39. The Kier molecular flexibility index (Phi) is 8.61. The molecule has 6 heteroatoms. The van der Waals surface area contributed by atoms with E-state index >= 15 is 0 Å². The van der Waals surface area contributed by atoms with Crippen LogP contribution in [0, 0.1) is 0 Å². The Labute approximate surface area is 154 Å². The Morgan fingerprint density at radius 1 is 1.20 bits per heavy atom. The Balaban J connectivity index is 5.47. The van der Waals surface area contributed by atoms with Crippen molar-refractivity contribution in [2.75, 3.05) is 13.2 Å². The summed E-state index contributed by atoms with van der Waals surface area (Å²) in [6.07, 6.45) is 1.61. The third-order valence-corrected chi connectivity index (χ3v) is 8.91. The topological polar surface area (TPSA) is 59.0 Å². The van der Waals surface area contributed by atoms with E-state index in [4.69, 9.17) is 9.16 Å². The summed E-state index contributed by atoms with van der Waals surface area (Å²) < 4.78 is 11.7. The lowest BCUT2D eigenvalue weighted by atomic mass is 10.1. The molecule has 5 nitrogen and oxygen atoms in total. The van der Waals surface area contributed by atoms with E-state index in [1.807, 2.05) is 20.8 Å². The average molecular weight is 372 g/mol. The highest BCUT2D eigenvalue weighted by Crippen LogP contribution is 2.36. The summed E-state index contributed by atoms with van der Waals surface area (Å²) in [5.41, 5.74) is -0.625. The first-order valence-corrected chi connectivity index (χ1v) is 11.6. The second-order valence-electron chi connectivity index (χ2n) is 8.79. The van der Waals surface area contributed by atoms with Gasteiger partial charge in [0.1, 0.15) is 5.60 Å². The van der Waals surface area contributed by atoms with Crippen molar-refractivity contribution >= 4 is 14.4 Å². The number of hydrogen-bond donors (Lipinski definition) is 1. The van der Waals surface area contributed by atoms with Gasteiger partial charge in [-0.1, -0.05) is 32.9 Å². The molecule has 0 bridgehead atoms. The molecule has 146 valence electrons. The van der Waals surface area contributed by atoms with Gasteiger partial charge in [0, 0.05) is 6.54 Å². The number of amides is 1. The molecule has 0 aliphatic rings. The number of ether oxygens (including phenoxy) is 1. The zero-order valence-electron chi connectivity index (χ0n) is 17.3. The van der Waals surface area contributed by atoms with E-state index in [2.05, 4.69) is 47.0 Å². The average Bonchev–Trinajstić information content (AvgIpc) is 2.42. The predicted molar refractivity (Wildman–Crippen MR) is 106 cm³/mol. The number of rotatable bonds is 8. The molecule has 0 aromatic rings. The van der Waals surface area contributed by atoms with Crippen molar-refractivity contribution in [1.29, 1.82) is 0 Å². The lowest BCUT2D eigenvalue weighted by Gasteiger charge is -2.40. The highest BCUT2D eigenvalue weighted by molar-refractivity contribution is 6.74. The number of aliphatic hydroxyl groups is 1. The van der Waals surface area contributed by atoms with E-state index in [-0.39, 0.29) is 18.2 Å². The Hall–Kier alpha value is -1.11. The van der Waals surface area contributed by atoms with Gasteiger partial charge in [0.15, 0.2) is 8.32 Å². The van der Waals surface area contributed by atoms with Gasteiger partial charge in [-0.3, -0.25) is 4.90 Å².